The first-order chi connectivity index (χ1) is 16.1. The fourth-order valence-electron chi connectivity index (χ4n) is 4.71. The Labute approximate surface area is 190 Å². The van der Waals surface area contributed by atoms with Gasteiger partial charge < -0.3 is 19.9 Å². The number of benzene rings is 3. The number of nitrogens with zero attached hydrogens (tertiary/aromatic N) is 3. The summed E-state index contributed by atoms with van der Waals surface area (Å²) in [5.41, 5.74) is 2.15. The van der Waals surface area contributed by atoms with Crippen LogP contribution in [0.15, 0.2) is 77.0 Å². The van der Waals surface area contributed by atoms with E-state index >= 15 is 0 Å². The van der Waals surface area contributed by atoms with E-state index in [0.29, 0.717) is 16.8 Å². The second-order valence-electron chi connectivity index (χ2n) is 8.22. The zero-order valence-corrected chi connectivity index (χ0v) is 17.8. The highest BCUT2D eigenvalue weighted by molar-refractivity contribution is 5.99. The molecule has 7 heteroatoms. The molecule has 1 aliphatic rings. The summed E-state index contributed by atoms with van der Waals surface area (Å²) >= 11 is 0. The number of azo groups is 1. The first-order valence-electron chi connectivity index (χ1n) is 10.9. The second-order valence-corrected chi connectivity index (χ2v) is 8.22. The Bertz CT molecular complexity index is 1380. The van der Waals surface area contributed by atoms with Gasteiger partial charge in [-0.2, -0.15) is 0 Å². The molecule has 166 valence electrons. The van der Waals surface area contributed by atoms with Gasteiger partial charge in [-0.25, -0.2) is 4.79 Å². The van der Waals surface area contributed by atoms with Crippen molar-refractivity contribution in [3.63, 3.8) is 0 Å². The number of para-hydroxylation sites is 2. The number of aromatic nitrogens is 1. The van der Waals surface area contributed by atoms with Crippen LogP contribution in [0.25, 0.3) is 22.0 Å². The fraction of sp³-hybridized carbons (Fsp3) is 0.192. The van der Waals surface area contributed by atoms with Crippen molar-refractivity contribution in [1.82, 2.24) is 4.57 Å². The van der Waals surface area contributed by atoms with Gasteiger partial charge in [0.05, 0.1) is 11.1 Å². The molecular formula is C26H23N3O4. The molecule has 1 aromatic heterocycles. The Kier molecular flexibility index (Phi) is 5.30. The van der Waals surface area contributed by atoms with Crippen molar-refractivity contribution in [3.8, 4) is 22.8 Å². The lowest BCUT2D eigenvalue weighted by Crippen LogP contribution is -2.03. The maximum Gasteiger partial charge on any atom is 0.337 e. The lowest BCUT2D eigenvalue weighted by molar-refractivity contribution is 0.0697. The number of fused-ring (bicyclic) bond motifs is 1. The normalized spacial score (nSPS) is 14.4. The van der Waals surface area contributed by atoms with Crippen LogP contribution in [0, 0.1) is 0 Å². The van der Waals surface area contributed by atoms with Crippen molar-refractivity contribution in [1.29, 1.82) is 0 Å². The minimum absolute atomic E-state index is 0.0113. The summed E-state index contributed by atoms with van der Waals surface area (Å²) in [6.45, 7) is 0. The first kappa shape index (κ1) is 20.8. The molecule has 7 nitrogen and oxygen atoms in total. The van der Waals surface area contributed by atoms with Crippen molar-refractivity contribution in [2.45, 2.75) is 31.7 Å². The van der Waals surface area contributed by atoms with E-state index in [0.717, 1.165) is 36.6 Å². The van der Waals surface area contributed by atoms with Crippen LogP contribution in [0.4, 0.5) is 11.4 Å². The highest BCUT2D eigenvalue weighted by Gasteiger charge is 2.25. The molecule has 4 aromatic rings. The minimum atomic E-state index is -1.15. The van der Waals surface area contributed by atoms with Gasteiger partial charge in [-0.15, -0.1) is 10.2 Å². The number of hydrogen-bond acceptors (Lipinski definition) is 5. The number of phenols is 1. The number of carboxylic acid groups (broad SMARTS) is 1. The Morgan fingerprint density at radius 3 is 2.24 bits per heavy atom. The number of carbonyl (C=O) groups is 1. The topological polar surface area (TPSA) is 107 Å². The molecule has 3 N–H and O–H groups in total. The Morgan fingerprint density at radius 1 is 0.818 bits per heavy atom. The third kappa shape index (κ3) is 3.61. The van der Waals surface area contributed by atoms with Gasteiger partial charge in [-0.3, -0.25) is 0 Å². The Balaban J connectivity index is 1.69. The molecule has 0 atom stereocenters. The number of hydrogen-bond donors (Lipinski definition) is 3. The number of phenolic OH excluding ortho intramolecular Hbond substituents is 1. The molecule has 3 aromatic carbocycles. The molecule has 0 saturated heterocycles. The standard InChI is InChI=1S/C26H23N3O4/c30-22-15-6-4-10-17(22)18-12-7-13-20(26(32)33)23(18)27-28-24-19-11-3-5-14-21(19)29(25(24)31)16-8-1-2-9-16/h3-7,10-16,30-31H,1-2,8-9H2,(H,32,33). The molecule has 1 heterocycles. The van der Waals surface area contributed by atoms with Gasteiger partial charge in [0, 0.05) is 22.6 Å². The smallest absolute Gasteiger partial charge is 0.337 e. The van der Waals surface area contributed by atoms with E-state index in [1.807, 2.05) is 28.8 Å². The van der Waals surface area contributed by atoms with Crippen LogP contribution in [0.5, 0.6) is 11.6 Å². The van der Waals surface area contributed by atoms with Crippen molar-refractivity contribution in [3.05, 3.63) is 72.3 Å². The molecule has 5 rings (SSSR count). The molecule has 0 bridgehead atoms. The maximum atomic E-state index is 11.9. The summed E-state index contributed by atoms with van der Waals surface area (Å²) in [4.78, 5) is 11.9. The number of rotatable bonds is 5. The number of aromatic hydroxyl groups is 2. The fourth-order valence-corrected chi connectivity index (χ4v) is 4.71. The van der Waals surface area contributed by atoms with Crippen molar-refractivity contribution in [2.24, 2.45) is 10.2 Å². The summed E-state index contributed by atoms with van der Waals surface area (Å²) in [6.07, 6.45) is 4.21. The Morgan fingerprint density at radius 2 is 1.48 bits per heavy atom. The Hall–Kier alpha value is -4.13. The average Bonchev–Trinajstić information content (AvgIpc) is 3.43. The van der Waals surface area contributed by atoms with Gasteiger partial charge in [0.15, 0.2) is 5.69 Å². The molecule has 1 saturated carbocycles. The lowest BCUT2D eigenvalue weighted by atomic mass is 9.99. The number of aromatic carboxylic acids is 1. The van der Waals surface area contributed by atoms with Gasteiger partial charge in [0.25, 0.3) is 0 Å². The number of carboxylic acids is 1. The summed E-state index contributed by atoms with van der Waals surface area (Å²) in [5, 5.41) is 40.7. The van der Waals surface area contributed by atoms with Crippen LogP contribution in [-0.4, -0.2) is 25.9 Å². The SMILES string of the molecule is O=C(O)c1cccc(-c2ccccc2O)c1N=Nc1c(O)n(C2CCCC2)c2ccccc12. The van der Waals surface area contributed by atoms with E-state index in [-0.39, 0.29) is 28.9 Å². The first-order valence-corrected chi connectivity index (χ1v) is 10.9. The minimum Gasteiger partial charge on any atom is -0.507 e. The van der Waals surface area contributed by atoms with Crippen LogP contribution in [0.1, 0.15) is 42.1 Å². The second kappa shape index (κ2) is 8.43. The van der Waals surface area contributed by atoms with Gasteiger partial charge in [0.2, 0.25) is 5.88 Å². The van der Waals surface area contributed by atoms with Gasteiger partial charge >= 0.3 is 5.97 Å². The predicted molar refractivity (Wildman–Crippen MR) is 126 cm³/mol. The van der Waals surface area contributed by atoms with Gasteiger partial charge in [0.1, 0.15) is 11.4 Å². The van der Waals surface area contributed by atoms with Crippen molar-refractivity contribution >= 4 is 28.2 Å². The highest BCUT2D eigenvalue weighted by atomic mass is 16.4. The molecule has 0 radical (unpaired) electrons. The maximum absolute atomic E-state index is 11.9. The molecule has 0 amide bonds. The zero-order chi connectivity index (χ0) is 22.9. The van der Waals surface area contributed by atoms with Crippen molar-refractivity contribution in [2.75, 3.05) is 0 Å². The predicted octanol–water partition coefficient (Wildman–Crippen LogP) is 6.95. The third-order valence-corrected chi connectivity index (χ3v) is 6.26. The molecule has 1 fully saturated rings. The monoisotopic (exact) mass is 441 g/mol. The average molecular weight is 441 g/mol. The quantitative estimate of drug-likeness (QED) is 0.291. The summed E-state index contributed by atoms with van der Waals surface area (Å²) in [7, 11) is 0. The van der Waals surface area contributed by atoms with E-state index in [1.165, 1.54) is 12.1 Å². The lowest BCUT2D eigenvalue weighted by Gasteiger charge is -2.14. The largest absolute Gasteiger partial charge is 0.507 e. The van der Waals surface area contributed by atoms with Crippen LogP contribution in [0.3, 0.4) is 0 Å². The molecule has 0 aliphatic heterocycles. The highest BCUT2D eigenvalue weighted by Crippen LogP contribution is 2.46. The van der Waals surface area contributed by atoms with Crippen molar-refractivity contribution < 1.29 is 20.1 Å². The van der Waals surface area contributed by atoms with E-state index in [1.54, 1.807) is 30.3 Å². The van der Waals surface area contributed by atoms with Crippen LogP contribution in [-0.2, 0) is 0 Å². The summed E-state index contributed by atoms with van der Waals surface area (Å²) in [5.74, 6) is -1.11. The van der Waals surface area contributed by atoms with Crippen LogP contribution in [0.2, 0.25) is 0 Å². The molecule has 0 spiro atoms. The molecule has 1 aliphatic carbocycles. The van der Waals surface area contributed by atoms with E-state index in [9.17, 15) is 20.1 Å². The molecule has 33 heavy (non-hydrogen) atoms. The van der Waals surface area contributed by atoms with Gasteiger partial charge in [-0.05, 0) is 31.0 Å². The van der Waals surface area contributed by atoms with E-state index in [2.05, 4.69) is 10.2 Å². The van der Waals surface area contributed by atoms with Crippen LogP contribution < -0.4 is 0 Å². The molecule has 0 unspecified atom stereocenters. The van der Waals surface area contributed by atoms with Crippen LogP contribution >= 0.6 is 0 Å². The third-order valence-electron chi connectivity index (χ3n) is 6.26. The van der Waals surface area contributed by atoms with E-state index in [4.69, 9.17) is 0 Å². The molecular weight excluding hydrogens is 418 g/mol. The summed E-state index contributed by atoms with van der Waals surface area (Å²) in [6, 6.07) is 19.2. The summed E-state index contributed by atoms with van der Waals surface area (Å²) < 4.78 is 1.92. The zero-order valence-electron chi connectivity index (χ0n) is 17.8. The van der Waals surface area contributed by atoms with Gasteiger partial charge in [-0.1, -0.05) is 61.4 Å². The van der Waals surface area contributed by atoms with E-state index < -0.39 is 5.97 Å².